The van der Waals surface area contributed by atoms with Gasteiger partial charge in [-0.2, -0.15) is 0 Å². The molecule has 0 saturated carbocycles. The van der Waals surface area contributed by atoms with Crippen LogP contribution in [0.4, 0.5) is 0 Å². The molecule has 0 aromatic heterocycles. The second-order valence-electron chi connectivity index (χ2n) is 2.79. The molecule has 0 spiro atoms. The Kier molecular flexibility index (Phi) is 5.18. The van der Waals surface area contributed by atoms with E-state index in [-0.39, 0.29) is 0 Å². The molecule has 0 atom stereocenters. The number of rotatable bonds is 4. The number of halogens is 2. The summed E-state index contributed by atoms with van der Waals surface area (Å²) in [6.45, 7) is 0. The molecule has 0 unspecified atom stereocenters. The van der Waals surface area contributed by atoms with E-state index in [0.29, 0.717) is 0 Å². The molecule has 0 heterocycles. The summed E-state index contributed by atoms with van der Waals surface area (Å²) in [6, 6.07) is 7.86. The Morgan fingerprint density at radius 2 is 1.92 bits per heavy atom. The van der Waals surface area contributed by atoms with Crippen LogP contribution in [0.25, 0.3) is 6.08 Å². The lowest BCUT2D eigenvalue weighted by Gasteiger charge is -1.93. The first kappa shape index (κ1) is 10.8. The fourth-order valence-corrected chi connectivity index (χ4v) is 1.44. The Labute approximate surface area is 92.7 Å². The van der Waals surface area contributed by atoms with Gasteiger partial charge in [0, 0.05) is 10.4 Å². The Bertz CT molecular complexity index is 264. The highest BCUT2D eigenvalue weighted by Crippen LogP contribution is 2.11. The number of benzene rings is 1. The number of allylic oxidation sites excluding steroid dienone is 1. The van der Waals surface area contributed by atoms with Gasteiger partial charge in [-0.15, -0.1) is 0 Å². The van der Waals surface area contributed by atoms with Crippen molar-refractivity contribution in [1.29, 1.82) is 0 Å². The minimum absolute atomic E-state index is 0.789. The molecule has 1 rings (SSSR count). The molecular weight excluding hydrogens is 247 g/mol. The van der Waals surface area contributed by atoms with Crippen molar-refractivity contribution in [2.45, 2.75) is 12.8 Å². The normalized spacial score (nSPS) is 10.9. The van der Waals surface area contributed by atoms with Crippen molar-refractivity contribution in [3.63, 3.8) is 0 Å². The molecular formula is C11H12BrCl. The molecule has 0 amide bonds. The summed E-state index contributed by atoms with van der Waals surface area (Å²) in [5.41, 5.74) is 1.21. The van der Waals surface area contributed by atoms with Gasteiger partial charge < -0.3 is 0 Å². The van der Waals surface area contributed by atoms with Crippen molar-refractivity contribution in [3.8, 4) is 0 Å². The van der Waals surface area contributed by atoms with E-state index in [4.69, 9.17) is 11.6 Å². The Balaban J connectivity index is 2.44. The number of hydrogen-bond acceptors (Lipinski definition) is 0. The summed E-state index contributed by atoms with van der Waals surface area (Å²) in [5.74, 6) is 0. The van der Waals surface area contributed by atoms with Gasteiger partial charge in [0.2, 0.25) is 0 Å². The van der Waals surface area contributed by atoms with Crippen molar-refractivity contribution in [2.24, 2.45) is 0 Å². The second-order valence-corrected chi connectivity index (χ2v) is 4.01. The summed E-state index contributed by atoms with van der Waals surface area (Å²) in [4.78, 5) is 0. The van der Waals surface area contributed by atoms with Crippen LogP contribution in [-0.4, -0.2) is 5.33 Å². The summed E-state index contributed by atoms with van der Waals surface area (Å²) in [5, 5.41) is 1.86. The van der Waals surface area contributed by atoms with Crippen molar-refractivity contribution < 1.29 is 0 Å². The average Bonchev–Trinajstić information content (AvgIpc) is 2.15. The second kappa shape index (κ2) is 6.22. The van der Waals surface area contributed by atoms with Crippen molar-refractivity contribution in [1.82, 2.24) is 0 Å². The molecule has 0 aliphatic heterocycles. The van der Waals surface area contributed by atoms with Gasteiger partial charge in [0.25, 0.3) is 0 Å². The summed E-state index contributed by atoms with van der Waals surface area (Å²) >= 11 is 9.16. The molecule has 0 aliphatic rings. The van der Waals surface area contributed by atoms with Crippen LogP contribution in [-0.2, 0) is 0 Å². The topological polar surface area (TPSA) is 0 Å². The molecule has 0 fully saturated rings. The van der Waals surface area contributed by atoms with Gasteiger partial charge in [-0.25, -0.2) is 0 Å². The molecule has 1 aromatic carbocycles. The first-order valence-electron chi connectivity index (χ1n) is 4.31. The van der Waals surface area contributed by atoms with Crippen LogP contribution >= 0.6 is 27.5 Å². The Morgan fingerprint density at radius 3 is 2.54 bits per heavy atom. The first-order valence-corrected chi connectivity index (χ1v) is 5.81. The van der Waals surface area contributed by atoms with Gasteiger partial charge in [-0.05, 0) is 30.5 Å². The highest BCUT2D eigenvalue weighted by Gasteiger charge is 1.86. The predicted molar refractivity (Wildman–Crippen MR) is 63.5 cm³/mol. The van der Waals surface area contributed by atoms with E-state index in [9.17, 15) is 0 Å². The van der Waals surface area contributed by atoms with Crippen LogP contribution in [0.3, 0.4) is 0 Å². The Hall–Kier alpha value is -0.270. The number of unbranched alkanes of at least 4 members (excludes halogenated alkanes) is 1. The zero-order valence-corrected chi connectivity index (χ0v) is 9.68. The standard InChI is InChI=1S/C11H12BrCl/c12-9-3-1-2-4-10-5-7-11(13)8-6-10/h2,4-8H,1,3,9H2/b4-2-. The quantitative estimate of drug-likeness (QED) is 0.550. The third kappa shape index (κ3) is 4.49. The summed E-state index contributed by atoms with van der Waals surface area (Å²) < 4.78 is 0. The molecule has 0 radical (unpaired) electrons. The van der Waals surface area contributed by atoms with Gasteiger partial charge >= 0.3 is 0 Å². The predicted octanol–water partition coefficient (Wildman–Crippen LogP) is 4.53. The van der Waals surface area contributed by atoms with E-state index >= 15 is 0 Å². The lowest BCUT2D eigenvalue weighted by molar-refractivity contribution is 0.983. The van der Waals surface area contributed by atoms with E-state index in [1.165, 1.54) is 12.0 Å². The summed E-state index contributed by atoms with van der Waals surface area (Å²) in [7, 11) is 0. The minimum atomic E-state index is 0.789. The zero-order chi connectivity index (χ0) is 9.52. The minimum Gasteiger partial charge on any atom is -0.0928 e. The van der Waals surface area contributed by atoms with E-state index in [1.54, 1.807) is 0 Å². The summed E-state index contributed by atoms with van der Waals surface area (Å²) in [6.07, 6.45) is 6.61. The number of hydrogen-bond donors (Lipinski definition) is 0. The van der Waals surface area contributed by atoms with Gasteiger partial charge in [0.05, 0.1) is 0 Å². The maximum atomic E-state index is 5.77. The molecule has 0 aliphatic carbocycles. The number of alkyl halides is 1. The molecule has 70 valence electrons. The van der Waals surface area contributed by atoms with E-state index in [0.717, 1.165) is 16.8 Å². The zero-order valence-electron chi connectivity index (χ0n) is 7.34. The van der Waals surface area contributed by atoms with Crippen LogP contribution in [0, 0.1) is 0 Å². The van der Waals surface area contributed by atoms with Gasteiger partial charge in [0.1, 0.15) is 0 Å². The molecule has 1 aromatic rings. The van der Waals surface area contributed by atoms with Crippen molar-refractivity contribution in [3.05, 3.63) is 40.9 Å². The van der Waals surface area contributed by atoms with E-state index in [2.05, 4.69) is 28.1 Å². The van der Waals surface area contributed by atoms with Gasteiger partial charge in [0.15, 0.2) is 0 Å². The SMILES string of the molecule is Clc1ccc(/C=C\CCCBr)cc1. The molecule has 0 N–H and O–H groups in total. The fourth-order valence-electron chi connectivity index (χ4n) is 0.988. The van der Waals surface area contributed by atoms with Crippen LogP contribution < -0.4 is 0 Å². The molecule has 2 heteroatoms. The van der Waals surface area contributed by atoms with Crippen LogP contribution in [0.5, 0.6) is 0 Å². The first-order chi connectivity index (χ1) is 6.33. The fraction of sp³-hybridized carbons (Fsp3) is 0.273. The molecule has 13 heavy (non-hydrogen) atoms. The lowest BCUT2D eigenvalue weighted by Crippen LogP contribution is -1.72. The van der Waals surface area contributed by atoms with Crippen LogP contribution in [0.1, 0.15) is 18.4 Å². The smallest absolute Gasteiger partial charge is 0.0406 e. The monoisotopic (exact) mass is 258 g/mol. The van der Waals surface area contributed by atoms with Gasteiger partial charge in [-0.3, -0.25) is 0 Å². The van der Waals surface area contributed by atoms with Crippen molar-refractivity contribution in [2.75, 3.05) is 5.33 Å². The van der Waals surface area contributed by atoms with E-state index < -0.39 is 0 Å². The Morgan fingerprint density at radius 1 is 1.23 bits per heavy atom. The largest absolute Gasteiger partial charge is 0.0928 e. The van der Waals surface area contributed by atoms with Crippen LogP contribution in [0.15, 0.2) is 30.3 Å². The maximum Gasteiger partial charge on any atom is 0.0406 e. The van der Waals surface area contributed by atoms with E-state index in [1.807, 2.05) is 24.3 Å². The average molecular weight is 260 g/mol. The third-order valence-corrected chi connectivity index (χ3v) is 2.50. The molecule has 0 saturated heterocycles. The highest BCUT2D eigenvalue weighted by molar-refractivity contribution is 9.09. The van der Waals surface area contributed by atoms with Gasteiger partial charge in [-0.1, -0.05) is 51.8 Å². The molecule has 0 nitrogen and oxygen atoms in total. The maximum absolute atomic E-state index is 5.77. The highest BCUT2D eigenvalue weighted by atomic mass is 79.9. The van der Waals surface area contributed by atoms with Crippen molar-refractivity contribution >= 4 is 33.6 Å². The lowest BCUT2D eigenvalue weighted by atomic mass is 10.2. The van der Waals surface area contributed by atoms with Crippen LogP contribution in [0.2, 0.25) is 5.02 Å². The third-order valence-electron chi connectivity index (χ3n) is 1.68. The molecule has 0 bridgehead atoms.